The third-order valence-electron chi connectivity index (χ3n) is 2.91. The van der Waals surface area contributed by atoms with E-state index in [0.717, 1.165) is 21.8 Å². The van der Waals surface area contributed by atoms with E-state index in [1.807, 2.05) is 31.2 Å². The van der Waals surface area contributed by atoms with Crippen LogP contribution in [0.2, 0.25) is 0 Å². The molecule has 0 saturated heterocycles. The fourth-order valence-electron chi connectivity index (χ4n) is 2.09. The molecule has 20 heavy (non-hydrogen) atoms. The predicted octanol–water partition coefficient (Wildman–Crippen LogP) is 4.74. The highest BCUT2D eigenvalue weighted by Crippen LogP contribution is 2.28. The first-order valence-corrected chi connectivity index (χ1v) is 7.51. The number of benzene rings is 1. The Morgan fingerprint density at radius 2 is 2.00 bits per heavy atom. The maximum atomic E-state index is 14.0. The van der Waals surface area contributed by atoms with Gasteiger partial charge in [-0.2, -0.15) is 0 Å². The van der Waals surface area contributed by atoms with E-state index in [9.17, 15) is 4.39 Å². The Kier molecular flexibility index (Phi) is 4.65. The average molecular weight is 290 g/mol. The topological polar surface area (TPSA) is 24.9 Å². The summed E-state index contributed by atoms with van der Waals surface area (Å²) < 4.78 is 14.0. The van der Waals surface area contributed by atoms with E-state index < -0.39 is 0 Å². The van der Waals surface area contributed by atoms with Crippen LogP contribution in [-0.4, -0.2) is 17.3 Å². The minimum atomic E-state index is -0.244. The fourth-order valence-corrected chi connectivity index (χ4v) is 2.88. The van der Waals surface area contributed by atoms with Gasteiger partial charge in [-0.05, 0) is 36.8 Å². The molecule has 0 saturated carbocycles. The number of aryl methyl sites for hydroxylation is 1. The molecule has 0 fully saturated rings. The van der Waals surface area contributed by atoms with Crippen LogP contribution in [0.3, 0.4) is 0 Å². The van der Waals surface area contributed by atoms with Gasteiger partial charge in [0, 0.05) is 17.9 Å². The molecule has 0 aliphatic carbocycles. The molecule has 0 amide bonds. The van der Waals surface area contributed by atoms with Crippen LogP contribution in [0, 0.1) is 12.7 Å². The molecular formula is C16H19FN2S. The van der Waals surface area contributed by atoms with Crippen LogP contribution in [0.25, 0.3) is 11.3 Å². The number of hydrogen-bond donors (Lipinski definition) is 1. The molecule has 1 N–H and O–H groups in total. The van der Waals surface area contributed by atoms with Crippen LogP contribution in [0.5, 0.6) is 0 Å². The number of nitrogens with zero attached hydrogens (tertiary/aromatic N) is 1. The predicted molar refractivity (Wildman–Crippen MR) is 84.9 cm³/mol. The Balaban J connectivity index is 2.41. The lowest BCUT2D eigenvalue weighted by Gasteiger charge is -2.11. The smallest absolute Gasteiger partial charge is 0.147 e. The summed E-state index contributed by atoms with van der Waals surface area (Å²) in [4.78, 5) is 4.60. The zero-order valence-corrected chi connectivity index (χ0v) is 13.0. The number of nitrogens with one attached hydrogen (secondary N) is 1. The summed E-state index contributed by atoms with van der Waals surface area (Å²) in [7, 11) is 1.73. The number of anilines is 1. The van der Waals surface area contributed by atoms with Gasteiger partial charge in [0.05, 0.1) is 16.4 Å². The van der Waals surface area contributed by atoms with Crippen LogP contribution in [0.1, 0.15) is 19.4 Å². The summed E-state index contributed by atoms with van der Waals surface area (Å²) in [5, 5.41) is 4.32. The van der Waals surface area contributed by atoms with Crippen LogP contribution < -0.4 is 5.32 Å². The number of aromatic nitrogens is 1. The van der Waals surface area contributed by atoms with Crippen molar-refractivity contribution < 1.29 is 4.39 Å². The summed E-state index contributed by atoms with van der Waals surface area (Å²) >= 11 is 1.71. The van der Waals surface area contributed by atoms with Gasteiger partial charge in [0.2, 0.25) is 0 Å². The Morgan fingerprint density at radius 1 is 1.25 bits per heavy atom. The molecule has 0 spiro atoms. The molecule has 0 unspecified atom stereocenters. The quantitative estimate of drug-likeness (QED) is 0.823. The summed E-state index contributed by atoms with van der Waals surface area (Å²) in [5.41, 5.74) is 3.04. The summed E-state index contributed by atoms with van der Waals surface area (Å²) in [6.45, 7) is 6.15. The molecular weight excluding hydrogens is 271 g/mol. The second kappa shape index (κ2) is 6.27. The van der Waals surface area contributed by atoms with Gasteiger partial charge in [-0.1, -0.05) is 19.9 Å². The van der Waals surface area contributed by atoms with Crippen molar-refractivity contribution in [3.8, 4) is 11.3 Å². The van der Waals surface area contributed by atoms with Crippen molar-refractivity contribution in [2.75, 3.05) is 12.4 Å². The van der Waals surface area contributed by atoms with E-state index in [2.05, 4.69) is 24.1 Å². The second-order valence-electron chi connectivity index (χ2n) is 4.93. The molecule has 0 aliphatic heterocycles. The van der Waals surface area contributed by atoms with E-state index in [0.29, 0.717) is 10.9 Å². The van der Waals surface area contributed by atoms with Crippen LogP contribution in [0.15, 0.2) is 35.4 Å². The van der Waals surface area contributed by atoms with Crippen molar-refractivity contribution in [1.29, 1.82) is 0 Å². The van der Waals surface area contributed by atoms with Crippen molar-refractivity contribution >= 4 is 17.4 Å². The van der Waals surface area contributed by atoms with Gasteiger partial charge in [0.15, 0.2) is 0 Å². The van der Waals surface area contributed by atoms with Gasteiger partial charge in [0.25, 0.3) is 0 Å². The first-order valence-electron chi connectivity index (χ1n) is 6.63. The number of rotatable bonds is 4. The number of pyridine rings is 1. The third kappa shape index (κ3) is 3.31. The molecule has 2 nitrogen and oxygen atoms in total. The fraction of sp³-hybridized carbons (Fsp3) is 0.312. The first kappa shape index (κ1) is 14.9. The molecule has 106 valence electrons. The molecule has 4 heteroatoms. The maximum absolute atomic E-state index is 14.0. The second-order valence-corrected chi connectivity index (χ2v) is 6.52. The maximum Gasteiger partial charge on any atom is 0.147 e. The molecule has 0 radical (unpaired) electrons. The van der Waals surface area contributed by atoms with Crippen LogP contribution in [-0.2, 0) is 0 Å². The van der Waals surface area contributed by atoms with E-state index in [1.54, 1.807) is 18.8 Å². The molecule has 0 atom stereocenters. The van der Waals surface area contributed by atoms with Gasteiger partial charge in [-0.15, -0.1) is 11.8 Å². The highest BCUT2D eigenvalue weighted by Gasteiger charge is 2.09. The summed E-state index contributed by atoms with van der Waals surface area (Å²) in [6.07, 6.45) is 0. The Morgan fingerprint density at radius 3 is 2.60 bits per heavy atom. The normalized spacial score (nSPS) is 10.9. The molecule has 2 aromatic rings. The van der Waals surface area contributed by atoms with Crippen molar-refractivity contribution in [3.05, 3.63) is 41.7 Å². The molecule has 1 heterocycles. The molecule has 2 rings (SSSR count). The SMILES string of the molecule is CNc1c(C)cc(-c2cccc(SC(C)C)n2)cc1F. The molecule has 1 aromatic heterocycles. The van der Waals surface area contributed by atoms with Gasteiger partial charge >= 0.3 is 0 Å². The first-order chi connectivity index (χ1) is 9.51. The lowest BCUT2D eigenvalue weighted by molar-refractivity contribution is 0.630. The monoisotopic (exact) mass is 290 g/mol. The average Bonchev–Trinajstić information content (AvgIpc) is 2.38. The summed E-state index contributed by atoms with van der Waals surface area (Å²) in [5.74, 6) is -0.244. The summed E-state index contributed by atoms with van der Waals surface area (Å²) in [6, 6.07) is 9.36. The van der Waals surface area contributed by atoms with Crippen molar-refractivity contribution in [2.24, 2.45) is 0 Å². The van der Waals surface area contributed by atoms with Crippen molar-refractivity contribution in [3.63, 3.8) is 0 Å². The molecule has 1 aromatic carbocycles. The Hall–Kier alpha value is -1.55. The van der Waals surface area contributed by atoms with E-state index in [-0.39, 0.29) is 5.82 Å². The largest absolute Gasteiger partial charge is 0.386 e. The van der Waals surface area contributed by atoms with E-state index in [1.165, 1.54) is 6.07 Å². The standard InChI is InChI=1S/C16H19FN2S/c1-10(2)20-15-7-5-6-14(19-15)12-8-11(3)16(18-4)13(17)9-12/h5-10,18H,1-4H3. The molecule has 0 aliphatic rings. The highest BCUT2D eigenvalue weighted by molar-refractivity contribution is 7.99. The van der Waals surface area contributed by atoms with Gasteiger partial charge in [-0.25, -0.2) is 9.37 Å². The Labute approximate surface area is 123 Å². The number of thioether (sulfide) groups is 1. The third-order valence-corrected chi connectivity index (χ3v) is 3.85. The van der Waals surface area contributed by atoms with E-state index >= 15 is 0 Å². The zero-order valence-electron chi connectivity index (χ0n) is 12.2. The molecule has 0 bridgehead atoms. The van der Waals surface area contributed by atoms with Crippen LogP contribution >= 0.6 is 11.8 Å². The minimum Gasteiger partial charge on any atom is -0.386 e. The Bertz CT molecular complexity index is 588. The van der Waals surface area contributed by atoms with Crippen molar-refractivity contribution in [1.82, 2.24) is 4.98 Å². The van der Waals surface area contributed by atoms with Crippen molar-refractivity contribution in [2.45, 2.75) is 31.0 Å². The highest BCUT2D eigenvalue weighted by atomic mass is 32.2. The lowest BCUT2D eigenvalue weighted by Crippen LogP contribution is -1.97. The van der Waals surface area contributed by atoms with E-state index in [4.69, 9.17) is 0 Å². The van der Waals surface area contributed by atoms with Gasteiger partial charge in [-0.3, -0.25) is 0 Å². The zero-order chi connectivity index (χ0) is 14.7. The minimum absolute atomic E-state index is 0.244. The number of hydrogen-bond acceptors (Lipinski definition) is 3. The van der Waals surface area contributed by atoms with Crippen LogP contribution in [0.4, 0.5) is 10.1 Å². The lowest BCUT2D eigenvalue weighted by atomic mass is 10.1. The van der Waals surface area contributed by atoms with Gasteiger partial charge in [0.1, 0.15) is 5.82 Å². The number of halogens is 1. The van der Waals surface area contributed by atoms with Gasteiger partial charge < -0.3 is 5.32 Å².